The summed E-state index contributed by atoms with van der Waals surface area (Å²) in [6, 6.07) is 24.3. The van der Waals surface area contributed by atoms with E-state index in [1.807, 2.05) is 0 Å². The fourth-order valence-corrected chi connectivity index (χ4v) is 5.13. The smallest absolute Gasteiger partial charge is 0.00984 e. The Labute approximate surface area is 141 Å². The summed E-state index contributed by atoms with van der Waals surface area (Å²) in [5.41, 5.74) is 6.86. The molecule has 3 rings (SSSR count). The van der Waals surface area contributed by atoms with Crippen LogP contribution in [0.5, 0.6) is 0 Å². The van der Waals surface area contributed by atoms with E-state index in [1.165, 1.54) is 38.4 Å². The lowest BCUT2D eigenvalue weighted by molar-refractivity contribution is 1.32. The van der Waals surface area contributed by atoms with E-state index in [2.05, 4.69) is 94.2 Å². The summed E-state index contributed by atoms with van der Waals surface area (Å²) in [4.78, 5) is 0. The zero-order valence-corrected chi connectivity index (χ0v) is 15.2. The lowest BCUT2D eigenvalue weighted by Crippen LogP contribution is -2.13. The maximum absolute atomic E-state index is 2.36. The quantitative estimate of drug-likeness (QED) is 0.572. The van der Waals surface area contributed by atoms with Crippen molar-refractivity contribution in [1.82, 2.24) is 0 Å². The van der Waals surface area contributed by atoms with Crippen molar-refractivity contribution in [1.29, 1.82) is 0 Å². The Balaban J connectivity index is 2.16. The highest BCUT2D eigenvalue weighted by atomic mass is 31.1. The molecular formula is C22H23P. The Kier molecular flexibility index (Phi) is 4.64. The van der Waals surface area contributed by atoms with Crippen LogP contribution in [0.25, 0.3) is 11.1 Å². The zero-order chi connectivity index (χ0) is 16.4. The molecule has 0 spiro atoms. The van der Waals surface area contributed by atoms with E-state index in [0.717, 1.165) is 0 Å². The van der Waals surface area contributed by atoms with Crippen LogP contribution in [-0.4, -0.2) is 6.66 Å². The van der Waals surface area contributed by atoms with E-state index in [1.54, 1.807) is 0 Å². The lowest BCUT2D eigenvalue weighted by atomic mass is 9.94. The van der Waals surface area contributed by atoms with Crippen molar-refractivity contribution in [3.63, 3.8) is 0 Å². The first-order valence-corrected chi connectivity index (χ1v) is 9.83. The molecule has 0 aliphatic rings. The molecule has 0 fully saturated rings. The summed E-state index contributed by atoms with van der Waals surface area (Å²) in [7, 11) is -0.348. The molecule has 0 amide bonds. The minimum Gasteiger partial charge on any atom is -0.0622 e. The van der Waals surface area contributed by atoms with Gasteiger partial charge in [0.1, 0.15) is 0 Å². The molecule has 0 bridgehead atoms. The summed E-state index contributed by atoms with van der Waals surface area (Å²) in [6.45, 7) is 8.99. The van der Waals surface area contributed by atoms with Crippen LogP contribution in [0, 0.1) is 20.8 Å². The summed E-state index contributed by atoms with van der Waals surface area (Å²) in [5, 5.41) is 2.89. The molecule has 0 N–H and O–H groups in total. The molecule has 0 saturated heterocycles. The Morgan fingerprint density at radius 2 is 1.26 bits per heavy atom. The maximum atomic E-state index is 2.36. The largest absolute Gasteiger partial charge is 0.0622 e. The Morgan fingerprint density at radius 3 is 1.91 bits per heavy atom. The number of hydrogen-bond donors (Lipinski definition) is 0. The molecule has 23 heavy (non-hydrogen) atoms. The van der Waals surface area contributed by atoms with Gasteiger partial charge in [-0.3, -0.25) is 0 Å². The van der Waals surface area contributed by atoms with Gasteiger partial charge in [0.2, 0.25) is 0 Å². The SMILES string of the molecule is Cc1cc(C)c(-c2ccccc2[P@@](C)c2ccccc2)c(C)c1. The average molecular weight is 318 g/mol. The van der Waals surface area contributed by atoms with Gasteiger partial charge in [0.15, 0.2) is 0 Å². The molecule has 1 heteroatoms. The molecule has 116 valence electrons. The predicted octanol–water partition coefficient (Wildman–Crippen LogP) is 5.34. The third-order valence-electron chi connectivity index (χ3n) is 4.36. The zero-order valence-electron chi connectivity index (χ0n) is 14.3. The Morgan fingerprint density at radius 1 is 0.696 bits per heavy atom. The van der Waals surface area contributed by atoms with Crippen molar-refractivity contribution >= 4 is 18.5 Å². The highest BCUT2D eigenvalue weighted by Crippen LogP contribution is 2.36. The van der Waals surface area contributed by atoms with Crippen LogP contribution in [-0.2, 0) is 0 Å². The number of aryl methyl sites for hydroxylation is 3. The van der Waals surface area contributed by atoms with Gasteiger partial charge in [0.05, 0.1) is 0 Å². The van der Waals surface area contributed by atoms with Gasteiger partial charge in [-0.1, -0.05) is 72.3 Å². The van der Waals surface area contributed by atoms with E-state index < -0.39 is 0 Å². The summed E-state index contributed by atoms with van der Waals surface area (Å²) < 4.78 is 0. The van der Waals surface area contributed by atoms with Crippen LogP contribution >= 0.6 is 7.92 Å². The van der Waals surface area contributed by atoms with Gasteiger partial charge in [-0.15, -0.1) is 0 Å². The highest BCUT2D eigenvalue weighted by Gasteiger charge is 2.16. The second-order valence-corrected chi connectivity index (χ2v) is 8.30. The van der Waals surface area contributed by atoms with Crippen molar-refractivity contribution in [3.05, 3.63) is 83.4 Å². The molecule has 3 aromatic rings. The monoisotopic (exact) mass is 318 g/mol. The average Bonchev–Trinajstić information content (AvgIpc) is 2.54. The Hall–Kier alpha value is -1.91. The minimum absolute atomic E-state index is 0.348. The highest BCUT2D eigenvalue weighted by molar-refractivity contribution is 7.72. The van der Waals surface area contributed by atoms with Gasteiger partial charge in [0, 0.05) is 0 Å². The molecule has 0 saturated carbocycles. The van der Waals surface area contributed by atoms with Crippen molar-refractivity contribution in [2.45, 2.75) is 20.8 Å². The molecule has 1 atom stereocenters. The molecule has 0 aliphatic carbocycles. The molecular weight excluding hydrogens is 295 g/mol. The normalized spacial score (nSPS) is 12.2. The van der Waals surface area contributed by atoms with Crippen molar-refractivity contribution < 1.29 is 0 Å². The lowest BCUT2D eigenvalue weighted by Gasteiger charge is -2.20. The van der Waals surface area contributed by atoms with Gasteiger partial charge < -0.3 is 0 Å². The van der Waals surface area contributed by atoms with Crippen molar-refractivity contribution in [2.24, 2.45) is 0 Å². The van der Waals surface area contributed by atoms with E-state index >= 15 is 0 Å². The van der Waals surface area contributed by atoms with Gasteiger partial charge in [-0.05, 0) is 68.2 Å². The fraction of sp³-hybridized carbons (Fsp3) is 0.182. The fourth-order valence-electron chi connectivity index (χ4n) is 3.37. The second kappa shape index (κ2) is 6.69. The minimum atomic E-state index is -0.348. The van der Waals surface area contributed by atoms with Crippen LogP contribution in [0.4, 0.5) is 0 Å². The molecule has 0 heterocycles. The van der Waals surface area contributed by atoms with Gasteiger partial charge in [-0.2, -0.15) is 0 Å². The molecule has 0 unspecified atom stereocenters. The first-order valence-electron chi connectivity index (χ1n) is 8.04. The molecule has 0 radical (unpaired) electrons. The summed E-state index contributed by atoms with van der Waals surface area (Å²) in [6.07, 6.45) is 0. The van der Waals surface area contributed by atoms with Gasteiger partial charge >= 0.3 is 0 Å². The maximum Gasteiger partial charge on any atom is -0.00984 e. The predicted molar refractivity (Wildman–Crippen MR) is 105 cm³/mol. The van der Waals surface area contributed by atoms with E-state index in [0.29, 0.717) is 0 Å². The van der Waals surface area contributed by atoms with Crippen LogP contribution in [0.3, 0.4) is 0 Å². The van der Waals surface area contributed by atoms with Gasteiger partial charge in [0.25, 0.3) is 0 Å². The van der Waals surface area contributed by atoms with Crippen molar-refractivity contribution in [2.75, 3.05) is 6.66 Å². The first kappa shape index (κ1) is 16.0. The number of hydrogen-bond acceptors (Lipinski definition) is 0. The van der Waals surface area contributed by atoms with Gasteiger partial charge in [-0.25, -0.2) is 0 Å². The summed E-state index contributed by atoms with van der Waals surface area (Å²) >= 11 is 0. The van der Waals surface area contributed by atoms with E-state index in [-0.39, 0.29) is 7.92 Å². The summed E-state index contributed by atoms with van der Waals surface area (Å²) in [5.74, 6) is 0. The van der Waals surface area contributed by atoms with Crippen LogP contribution in [0.1, 0.15) is 16.7 Å². The van der Waals surface area contributed by atoms with Crippen molar-refractivity contribution in [3.8, 4) is 11.1 Å². The third kappa shape index (κ3) is 3.23. The topological polar surface area (TPSA) is 0 Å². The second-order valence-electron chi connectivity index (χ2n) is 6.19. The van der Waals surface area contributed by atoms with Crippen LogP contribution < -0.4 is 10.6 Å². The molecule has 0 nitrogen and oxygen atoms in total. The standard InChI is InChI=1S/C22H23P/c1-16-14-17(2)22(18(3)15-16)20-12-8-9-13-21(20)23(4)19-10-6-5-7-11-19/h5-15H,1-4H3/t23-/m0/s1. The first-order chi connectivity index (χ1) is 11.1. The van der Waals surface area contributed by atoms with Crippen LogP contribution in [0.15, 0.2) is 66.7 Å². The number of rotatable bonds is 3. The number of benzene rings is 3. The van der Waals surface area contributed by atoms with E-state index in [9.17, 15) is 0 Å². The third-order valence-corrected chi connectivity index (χ3v) is 6.54. The Bertz CT molecular complexity index is 795. The molecule has 3 aromatic carbocycles. The molecule has 0 aromatic heterocycles. The molecule has 0 aliphatic heterocycles. The van der Waals surface area contributed by atoms with Crippen LogP contribution in [0.2, 0.25) is 0 Å². The van der Waals surface area contributed by atoms with E-state index in [4.69, 9.17) is 0 Å².